The van der Waals surface area contributed by atoms with E-state index < -0.39 is 0 Å². The highest BCUT2D eigenvalue weighted by atomic mass is 16.2. The summed E-state index contributed by atoms with van der Waals surface area (Å²) >= 11 is 0. The van der Waals surface area contributed by atoms with Gasteiger partial charge in [-0.05, 0) is 30.5 Å². The number of benzene rings is 2. The third-order valence-corrected chi connectivity index (χ3v) is 3.89. The molecule has 0 aromatic heterocycles. The van der Waals surface area contributed by atoms with Crippen molar-refractivity contribution in [2.75, 3.05) is 12.3 Å². The largest absolute Gasteiger partial charge is 0.398 e. The molecule has 2 aromatic rings. The van der Waals surface area contributed by atoms with E-state index in [1.807, 2.05) is 35.2 Å². The second-order valence-electron chi connectivity index (χ2n) is 5.15. The first kappa shape index (κ1) is 12.7. The average molecular weight is 266 g/mol. The Morgan fingerprint density at radius 2 is 1.75 bits per heavy atom. The Labute approximate surface area is 119 Å². The van der Waals surface area contributed by atoms with E-state index in [0.29, 0.717) is 11.3 Å². The lowest BCUT2D eigenvalue weighted by Gasteiger charge is -2.25. The van der Waals surface area contributed by atoms with Crippen molar-refractivity contribution >= 4 is 11.6 Å². The molecule has 1 fully saturated rings. The van der Waals surface area contributed by atoms with Crippen LogP contribution in [0.4, 0.5) is 5.69 Å². The van der Waals surface area contributed by atoms with Crippen molar-refractivity contribution < 1.29 is 4.79 Å². The fourth-order valence-electron chi connectivity index (χ4n) is 2.88. The van der Waals surface area contributed by atoms with E-state index in [0.717, 1.165) is 19.4 Å². The van der Waals surface area contributed by atoms with Crippen LogP contribution in [0.5, 0.6) is 0 Å². The Bertz CT molecular complexity index is 609. The van der Waals surface area contributed by atoms with Crippen LogP contribution in [-0.4, -0.2) is 17.4 Å². The fraction of sp³-hybridized carbons (Fsp3) is 0.235. The quantitative estimate of drug-likeness (QED) is 0.848. The molecule has 1 aliphatic rings. The number of rotatable bonds is 2. The molecule has 0 aliphatic carbocycles. The number of nitrogen functional groups attached to an aromatic ring is 1. The average Bonchev–Trinajstić information content (AvgIpc) is 2.97. The third kappa shape index (κ3) is 2.27. The summed E-state index contributed by atoms with van der Waals surface area (Å²) < 4.78 is 0. The van der Waals surface area contributed by atoms with Gasteiger partial charge in [0, 0.05) is 12.2 Å². The zero-order valence-corrected chi connectivity index (χ0v) is 11.3. The molecule has 3 heteroatoms. The van der Waals surface area contributed by atoms with E-state index in [2.05, 4.69) is 12.1 Å². The number of para-hydroxylation sites is 1. The Kier molecular flexibility index (Phi) is 3.42. The molecule has 0 saturated carbocycles. The van der Waals surface area contributed by atoms with E-state index >= 15 is 0 Å². The summed E-state index contributed by atoms with van der Waals surface area (Å²) in [6, 6.07) is 17.7. The van der Waals surface area contributed by atoms with Gasteiger partial charge in [-0.3, -0.25) is 4.79 Å². The first-order valence-corrected chi connectivity index (χ1v) is 6.98. The molecular formula is C17H18N2O. The lowest BCUT2D eigenvalue weighted by molar-refractivity contribution is 0.0737. The Hall–Kier alpha value is -2.29. The van der Waals surface area contributed by atoms with Crippen LogP contribution in [0.25, 0.3) is 0 Å². The van der Waals surface area contributed by atoms with Crippen molar-refractivity contribution in [3.05, 3.63) is 65.7 Å². The number of nitrogens with zero attached hydrogens (tertiary/aromatic N) is 1. The third-order valence-electron chi connectivity index (χ3n) is 3.89. The first-order chi connectivity index (χ1) is 9.77. The van der Waals surface area contributed by atoms with Crippen molar-refractivity contribution in [2.24, 2.45) is 0 Å². The zero-order valence-electron chi connectivity index (χ0n) is 11.3. The van der Waals surface area contributed by atoms with Crippen LogP contribution in [0.1, 0.15) is 34.8 Å². The van der Waals surface area contributed by atoms with Gasteiger partial charge in [-0.2, -0.15) is 0 Å². The molecule has 3 nitrogen and oxygen atoms in total. The molecule has 0 spiro atoms. The summed E-state index contributed by atoms with van der Waals surface area (Å²) in [5.41, 5.74) is 8.29. The molecule has 0 bridgehead atoms. The Morgan fingerprint density at radius 3 is 2.50 bits per heavy atom. The molecule has 1 aliphatic heterocycles. The van der Waals surface area contributed by atoms with Crippen LogP contribution in [0.2, 0.25) is 0 Å². The number of amides is 1. The number of likely N-dealkylation sites (tertiary alicyclic amines) is 1. The maximum Gasteiger partial charge on any atom is 0.256 e. The van der Waals surface area contributed by atoms with Crippen LogP contribution < -0.4 is 5.73 Å². The highest BCUT2D eigenvalue weighted by Gasteiger charge is 2.30. The minimum absolute atomic E-state index is 0.0365. The van der Waals surface area contributed by atoms with Crippen molar-refractivity contribution in [3.63, 3.8) is 0 Å². The van der Waals surface area contributed by atoms with Crippen molar-refractivity contribution in [1.82, 2.24) is 4.90 Å². The predicted molar refractivity (Wildman–Crippen MR) is 80.3 cm³/mol. The molecule has 1 saturated heterocycles. The molecule has 1 heterocycles. The SMILES string of the molecule is Nc1ccccc1C(=O)N1CCCC1c1ccccc1. The Balaban J connectivity index is 1.90. The standard InChI is InChI=1S/C17H18N2O/c18-15-10-5-4-9-14(15)17(20)19-12-6-11-16(19)13-7-2-1-3-8-13/h1-5,7-10,16H,6,11-12,18H2. The Morgan fingerprint density at radius 1 is 1.05 bits per heavy atom. The minimum Gasteiger partial charge on any atom is -0.398 e. The fourth-order valence-corrected chi connectivity index (χ4v) is 2.88. The van der Waals surface area contributed by atoms with Gasteiger partial charge in [-0.15, -0.1) is 0 Å². The van der Waals surface area contributed by atoms with E-state index in [9.17, 15) is 4.79 Å². The molecule has 20 heavy (non-hydrogen) atoms. The maximum atomic E-state index is 12.7. The summed E-state index contributed by atoms with van der Waals surface area (Å²) in [4.78, 5) is 14.6. The van der Waals surface area contributed by atoms with E-state index in [1.165, 1.54) is 5.56 Å². The second-order valence-corrected chi connectivity index (χ2v) is 5.15. The van der Waals surface area contributed by atoms with Gasteiger partial charge in [-0.25, -0.2) is 0 Å². The number of hydrogen-bond donors (Lipinski definition) is 1. The van der Waals surface area contributed by atoms with Gasteiger partial charge in [0.05, 0.1) is 11.6 Å². The summed E-state index contributed by atoms with van der Waals surface area (Å²) in [5, 5.41) is 0. The second kappa shape index (κ2) is 5.37. The van der Waals surface area contributed by atoms with E-state index in [4.69, 9.17) is 5.73 Å². The number of carbonyl (C=O) groups is 1. The molecule has 3 rings (SSSR count). The van der Waals surface area contributed by atoms with Crippen molar-refractivity contribution in [3.8, 4) is 0 Å². The monoisotopic (exact) mass is 266 g/mol. The smallest absolute Gasteiger partial charge is 0.256 e. The summed E-state index contributed by atoms with van der Waals surface area (Å²) in [6.45, 7) is 0.798. The molecular weight excluding hydrogens is 248 g/mol. The summed E-state index contributed by atoms with van der Waals surface area (Å²) in [7, 11) is 0. The van der Waals surface area contributed by atoms with Crippen molar-refractivity contribution in [1.29, 1.82) is 0 Å². The molecule has 1 amide bonds. The van der Waals surface area contributed by atoms with E-state index in [1.54, 1.807) is 12.1 Å². The lowest BCUT2D eigenvalue weighted by atomic mass is 10.0. The van der Waals surface area contributed by atoms with Crippen LogP contribution >= 0.6 is 0 Å². The summed E-state index contributed by atoms with van der Waals surface area (Å²) in [5.74, 6) is 0.0365. The minimum atomic E-state index is 0.0365. The van der Waals surface area contributed by atoms with Crippen LogP contribution in [0.3, 0.4) is 0 Å². The number of nitrogens with two attached hydrogens (primary N) is 1. The highest BCUT2D eigenvalue weighted by molar-refractivity contribution is 5.99. The van der Waals surface area contributed by atoms with Gasteiger partial charge < -0.3 is 10.6 Å². The molecule has 2 aromatic carbocycles. The number of carbonyl (C=O) groups excluding carboxylic acids is 1. The van der Waals surface area contributed by atoms with Crippen LogP contribution in [0, 0.1) is 0 Å². The number of hydrogen-bond acceptors (Lipinski definition) is 2. The normalized spacial score (nSPS) is 18.2. The molecule has 1 unspecified atom stereocenters. The highest BCUT2D eigenvalue weighted by Crippen LogP contribution is 2.33. The predicted octanol–water partition coefficient (Wildman–Crippen LogP) is 3.25. The molecule has 0 radical (unpaired) electrons. The lowest BCUT2D eigenvalue weighted by Crippen LogP contribution is -2.31. The molecule has 1 atom stereocenters. The maximum absolute atomic E-state index is 12.7. The van der Waals surface area contributed by atoms with Gasteiger partial charge in [0.25, 0.3) is 5.91 Å². The van der Waals surface area contributed by atoms with Gasteiger partial charge >= 0.3 is 0 Å². The van der Waals surface area contributed by atoms with Crippen LogP contribution in [-0.2, 0) is 0 Å². The summed E-state index contributed by atoms with van der Waals surface area (Å²) in [6.07, 6.45) is 2.06. The topological polar surface area (TPSA) is 46.3 Å². The van der Waals surface area contributed by atoms with Gasteiger partial charge in [-0.1, -0.05) is 42.5 Å². The first-order valence-electron chi connectivity index (χ1n) is 6.98. The molecule has 102 valence electrons. The molecule has 2 N–H and O–H groups in total. The van der Waals surface area contributed by atoms with Gasteiger partial charge in [0.2, 0.25) is 0 Å². The van der Waals surface area contributed by atoms with Gasteiger partial charge in [0.15, 0.2) is 0 Å². The number of anilines is 1. The van der Waals surface area contributed by atoms with Crippen molar-refractivity contribution in [2.45, 2.75) is 18.9 Å². The van der Waals surface area contributed by atoms with Crippen LogP contribution in [0.15, 0.2) is 54.6 Å². The van der Waals surface area contributed by atoms with Gasteiger partial charge in [0.1, 0.15) is 0 Å². The zero-order chi connectivity index (χ0) is 13.9. The van der Waals surface area contributed by atoms with E-state index in [-0.39, 0.29) is 11.9 Å².